The minimum absolute atomic E-state index is 0.0542. The second-order valence-corrected chi connectivity index (χ2v) is 8.43. The van der Waals surface area contributed by atoms with E-state index in [-0.39, 0.29) is 23.6 Å². The van der Waals surface area contributed by atoms with Gasteiger partial charge in [-0.3, -0.25) is 0 Å². The number of nitrogens with one attached hydrogen (secondary N) is 1. The number of aryl methyl sites for hydroxylation is 1. The highest BCUT2D eigenvalue weighted by molar-refractivity contribution is 5.88. The maximum absolute atomic E-state index is 13.6. The third-order valence-corrected chi connectivity index (χ3v) is 6.01. The smallest absolute Gasteiger partial charge is 0.335 e. The van der Waals surface area contributed by atoms with Crippen LogP contribution in [0.2, 0.25) is 0 Å². The first-order chi connectivity index (χ1) is 15.9. The fraction of sp³-hybridized carbons (Fsp3) is 0.296. The first-order valence-corrected chi connectivity index (χ1v) is 11.1. The Bertz CT molecular complexity index is 1150. The molecule has 0 radical (unpaired) electrons. The van der Waals surface area contributed by atoms with Gasteiger partial charge in [-0.1, -0.05) is 30.3 Å². The number of benzene rings is 3. The topological polar surface area (TPSA) is 67.8 Å². The van der Waals surface area contributed by atoms with E-state index in [1.807, 2.05) is 31.2 Å². The molecule has 172 valence electrons. The van der Waals surface area contributed by atoms with Crippen molar-refractivity contribution in [3.05, 3.63) is 94.3 Å². The van der Waals surface area contributed by atoms with Crippen LogP contribution >= 0.6 is 0 Å². The van der Waals surface area contributed by atoms with Gasteiger partial charge in [0.15, 0.2) is 11.6 Å². The first kappa shape index (κ1) is 22.8. The summed E-state index contributed by atoms with van der Waals surface area (Å²) >= 11 is 0. The zero-order chi connectivity index (χ0) is 23.4. The van der Waals surface area contributed by atoms with E-state index < -0.39 is 5.97 Å². The molecule has 0 bridgehead atoms. The Morgan fingerprint density at radius 1 is 1.18 bits per heavy atom. The largest absolute Gasteiger partial charge is 0.494 e. The highest BCUT2D eigenvalue weighted by Crippen LogP contribution is 2.40. The van der Waals surface area contributed by atoms with Gasteiger partial charge in [0.05, 0.1) is 12.7 Å². The number of rotatable bonds is 8. The molecule has 0 spiro atoms. The Hall–Kier alpha value is -3.38. The lowest BCUT2D eigenvalue weighted by Crippen LogP contribution is -2.36. The lowest BCUT2D eigenvalue weighted by molar-refractivity contribution is 0.0696. The van der Waals surface area contributed by atoms with Crippen molar-refractivity contribution >= 4 is 5.97 Å². The van der Waals surface area contributed by atoms with E-state index in [0.29, 0.717) is 18.7 Å². The van der Waals surface area contributed by atoms with Crippen LogP contribution in [0, 0.1) is 12.7 Å². The van der Waals surface area contributed by atoms with Crippen molar-refractivity contribution in [2.24, 2.45) is 0 Å². The second kappa shape index (κ2) is 10.0. The summed E-state index contributed by atoms with van der Waals surface area (Å²) in [4.78, 5) is 11.6. The predicted molar refractivity (Wildman–Crippen MR) is 125 cm³/mol. The number of carboxylic acid groups (broad SMARTS) is 1. The minimum atomic E-state index is -0.920. The molecule has 3 aromatic carbocycles. The van der Waals surface area contributed by atoms with Crippen molar-refractivity contribution < 1.29 is 23.8 Å². The molecule has 0 amide bonds. The Morgan fingerprint density at radius 2 is 2.00 bits per heavy atom. The molecule has 2 N–H and O–H groups in total. The number of para-hydroxylation sites is 1. The SMILES string of the molecule is COc1cc(CCNC[C@H]2C[C@@H](c3cc(C)cc(C(=O)O)c3)c3ccccc3O2)ccc1F. The minimum Gasteiger partial charge on any atom is -0.494 e. The number of hydrogen-bond donors (Lipinski definition) is 2. The lowest BCUT2D eigenvalue weighted by atomic mass is 9.83. The van der Waals surface area contributed by atoms with Crippen molar-refractivity contribution in [1.82, 2.24) is 5.32 Å². The molecule has 0 aromatic heterocycles. The number of methoxy groups -OCH3 is 1. The summed E-state index contributed by atoms with van der Waals surface area (Å²) < 4.78 is 24.9. The third kappa shape index (κ3) is 5.34. The van der Waals surface area contributed by atoms with Gasteiger partial charge in [0, 0.05) is 18.0 Å². The molecular weight excluding hydrogens is 421 g/mol. The average molecular weight is 450 g/mol. The fourth-order valence-corrected chi connectivity index (χ4v) is 4.43. The van der Waals surface area contributed by atoms with E-state index in [1.165, 1.54) is 13.2 Å². The van der Waals surface area contributed by atoms with Crippen molar-refractivity contribution in [3.63, 3.8) is 0 Å². The summed E-state index contributed by atoms with van der Waals surface area (Å²) in [6, 6.07) is 18.4. The molecule has 1 heterocycles. The molecule has 4 rings (SSSR count). The normalized spacial score (nSPS) is 17.2. The van der Waals surface area contributed by atoms with Gasteiger partial charge in [-0.25, -0.2) is 9.18 Å². The Balaban J connectivity index is 1.45. The number of ether oxygens (including phenoxy) is 2. The van der Waals surface area contributed by atoms with Crippen LogP contribution in [0.15, 0.2) is 60.7 Å². The van der Waals surface area contributed by atoms with Crippen LogP contribution in [-0.2, 0) is 6.42 Å². The number of carboxylic acids is 1. The molecule has 33 heavy (non-hydrogen) atoms. The van der Waals surface area contributed by atoms with Crippen molar-refractivity contribution in [1.29, 1.82) is 0 Å². The van der Waals surface area contributed by atoms with Crippen LogP contribution in [-0.4, -0.2) is 37.4 Å². The number of aromatic carboxylic acids is 1. The fourth-order valence-electron chi connectivity index (χ4n) is 4.43. The summed E-state index contributed by atoms with van der Waals surface area (Å²) in [5.74, 6) is -0.141. The highest BCUT2D eigenvalue weighted by atomic mass is 19.1. The number of hydrogen-bond acceptors (Lipinski definition) is 4. The molecule has 3 aromatic rings. The molecule has 5 nitrogen and oxygen atoms in total. The predicted octanol–water partition coefficient (Wildman–Crippen LogP) is 4.96. The summed E-state index contributed by atoms with van der Waals surface area (Å²) in [5, 5.41) is 12.9. The first-order valence-electron chi connectivity index (χ1n) is 11.1. The van der Waals surface area contributed by atoms with Crippen LogP contribution in [0.25, 0.3) is 0 Å². The molecule has 0 fully saturated rings. The second-order valence-electron chi connectivity index (χ2n) is 8.43. The summed E-state index contributed by atoms with van der Waals surface area (Å²) in [5.41, 5.74) is 4.30. The van der Waals surface area contributed by atoms with E-state index in [2.05, 4.69) is 11.4 Å². The van der Waals surface area contributed by atoms with E-state index >= 15 is 0 Å². The molecule has 6 heteroatoms. The van der Waals surface area contributed by atoms with Gasteiger partial charge in [0.1, 0.15) is 11.9 Å². The average Bonchev–Trinajstić information content (AvgIpc) is 2.81. The van der Waals surface area contributed by atoms with Crippen LogP contribution in [0.5, 0.6) is 11.5 Å². The van der Waals surface area contributed by atoms with E-state index in [0.717, 1.165) is 40.8 Å². The Kier molecular flexibility index (Phi) is 6.94. The van der Waals surface area contributed by atoms with Gasteiger partial charge in [0.25, 0.3) is 0 Å². The molecule has 0 aliphatic carbocycles. The molecule has 2 atom stereocenters. The Labute approximate surface area is 193 Å². The van der Waals surface area contributed by atoms with Crippen molar-refractivity contribution in [2.75, 3.05) is 20.2 Å². The van der Waals surface area contributed by atoms with Crippen LogP contribution in [0.1, 0.15) is 45.0 Å². The Morgan fingerprint density at radius 3 is 2.79 bits per heavy atom. The maximum atomic E-state index is 13.6. The van der Waals surface area contributed by atoms with E-state index in [1.54, 1.807) is 24.3 Å². The van der Waals surface area contributed by atoms with Crippen LogP contribution in [0.4, 0.5) is 4.39 Å². The summed E-state index contributed by atoms with van der Waals surface area (Å²) in [6.45, 7) is 3.29. The maximum Gasteiger partial charge on any atom is 0.335 e. The van der Waals surface area contributed by atoms with Crippen molar-refractivity contribution in [2.45, 2.75) is 31.8 Å². The lowest BCUT2D eigenvalue weighted by Gasteiger charge is -2.33. The molecule has 0 unspecified atom stereocenters. The van der Waals surface area contributed by atoms with Gasteiger partial charge in [-0.05, 0) is 73.3 Å². The van der Waals surface area contributed by atoms with Crippen molar-refractivity contribution in [3.8, 4) is 11.5 Å². The zero-order valence-corrected chi connectivity index (χ0v) is 18.8. The number of fused-ring (bicyclic) bond motifs is 1. The quantitative estimate of drug-likeness (QED) is 0.476. The van der Waals surface area contributed by atoms with Gasteiger partial charge in [-0.2, -0.15) is 0 Å². The molecule has 1 aliphatic rings. The summed E-state index contributed by atoms with van der Waals surface area (Å²) in [7, 11) is 1.46. The third-order valence-electron chi connectivity index (χ3n) is 6.01. The zero-order valence-electron chi connectivity index (χ0n) is 18.8. The van der Waals surface area contributed by atoms with Gasteiger partial charge >= 0.3 is 5.97 Å². The van der Waals surface area contributed by atoms with E-state index in [9.17, 15) is 14.3 Å². The van der Waals surface area contributed by atoms with Crippen LogP contribution < -0.4 is 14.8 Å². The highest BCUT2D eigenvalue weighted by Gasteiger charge is 2.29. The van der Waals surface area contributed by atoms with Gasteiger partial charge in [-0.15, -0.1) is 0 Å². The van der Waals surface area contributed by atoms with Gasteiger partial charge in [0.2, 0.25) is 0 Å². The van der Waals surface area contributed by atoms with Crippen LogP contribution in [0.3, 0.4) is 0 Å². The standard InChI is InChI=1S/C27H28FNO4/c1-17-11-19(14-20(12-17)27(30)31)23-15-21(33-25-6-4-3-5-22(23)25)16-29-10-9-18-7-8-24(28)26(13-18)32-2/h3-8,11-14,21,23,29H,9-10,15-16H2,1-2H3,(H,30,31)/t21-,23+/m1/s1. The molecule has 0 saturated heterocycles. The van der Waals surface area contributed by atoms with Gasteiger partial charge < -0.3 is 19.9 Å². The summed E-state index contributed by atoms with van der Waals surface area (Å²) in [6.07, 6.45) is 1.43. The van der Waals surface area contributed by atoms with E-state index in [4.69, 9.17) is 9.47 Å². The number of carbonyl (C=O) groups is 1. The monoisotopic (exact) mass is 449 g/mol. The molecular formula is C27H28FNO4. The number of halogens is 1. The molecule has 1 aliphatic heterocycles. The molecule has 0 saturated carbocycles.